The third-order valence-corrected chi connectivity index (χ3v) is 3.65. The Morgan fingerprint density at radius 1 is 1.35 bits per heavy atom. The zero-order chi connectivity index (χ0) is 14.4. The van der Waals surface area contributed by atoms with Gasteiger partial charge in [0.15, 0.2) is 0 Å². The lowest BCUT2D eigenvalue weighted by Crippen LogP contribution is -2.11. The minimum atomic E-state index is 0.584. The average molecular weight is 293 g/mol. The van der Waals surface area contributed by atoms with Crippen molar-refractivity contribution in [1.82, 2.24) is 15.5 Å². The number of aromatic nitrogens is 2. The van der Waals surface area contributed by atoms with E-state index in [1.165, 1.54) is 17.3 Å². The Morgan fingerprint density at radius 3 is 2.85 bits per heavy atom. The fraction of sp³-hybridized carbons (Fsp3) is 0.429. The molecule has 20 heavy (non-hydrogen) atoms. The smallest absolute Gasteiger partial charge is 0.276 e. The molecule has 2 aromatic rings. The highest BCUT2D eigenvalue weighted by Crippen LogP contribution is 2.28. The van der Waals surface area contributed by atoms with Crippen LogP contribution >= 0.6 is 11.8 Å². The summed E-state index contributed by atoms with van der Waals surface area (Å²) in [5, 5.41) is 11.7. The molecule has 0 atom stereocenters. The molecule has 1 N–H and O–H groups in total. The molecular weight excluding hydrogens is 274 g/mol. The first kappa shape index (κ1) is 14.9. The van der Waals surface area contributed by atoms with E-state index in [1.807, 2.05) is 6.07 Å². The number of benzene rings is 1. The Balaban J connectivity index is 2.07. The lowest BCUT2D eigenvalue weighted by molar-refractivity contribution is 0.410. The van der Waals surface area contributed by atoms with Gasteiger partial charge in [-0.2, -0.15) is 0 Å². The minimum absolute atomic E-state index is 0.584. The SMILES string of the molecule is CCNCc1ccc(OC)c(CSc2nnc(C)o2)c1. The Morgan fingerprint density at radius 2 is 2.20 bits per heavy atom. The van der Waals surface area contributed by atoms with E-state index >= 15 is 0 Å². The molecule has 0 aliphatic rings. The molecule has 0 amide bonds. The fourth-order valence-corrected chi connectivity index (χ4v) is 2.58. The minimum Gasteiger partial charge on any atom is -0.496 e. The van der Waals surface area contributed by atoms with Gasteiger partial charge in [0, 0.05) is 24.8 Å². The van der Waals surface area contributed by atoms with Gasteiger partial charge in [-0.3, -0.25) is 0 Å². The number of methoxy groups -OCH3 is 1. The molecule has 0 fully saturated rings. The maximum Gasteiger partial charge on any atom is 0.276 e. The molecule has 0 radical (unpaired) electrons. The molecule has 0 bridgehead atoms. The summed E-state index contributed by atoms with van der Waals surface area (Å²) in [7, 11) is 1.68. The molecule has 0 aliphatic heterocycles. The van der Waals surface area contributed by atoms with E-state index in [0.29, 0.717) is 11.1 Å². The molecule has 1 heterocycles. The normalized spacial score (nSPS) is 10.8. The molecule has 1 aromatic carbocycles. The van der Waals surface area contributed by atoms with E-state index < -0.39 is 0 Å². The van der Waals surface area contributed by atoms with Crippen molar-refractivity contribution in [3.63, 3.8) is 0 Å². The van der Waals surface area contributed by atoms with Gasteiger partial charge in [-0.25, -0.2) is 0 Å². The molecule has 0 aliphatic carbocycles. The topological polar surface area (TPSA) is 60.2 Å². The third kappa shape index (κ3) is 3.98. The van der Waals surface area contributed by atoms with Gasteiger partial charge in [0.2, 0.25) is 5.89 Å². The summed E-state index contributed by atoms with van der Waals surface area (Å²) in [6, 6.07) is 6.23. The quantitative estimate of drug-likeness (QED) is 0.792. The first-order chi connectivity index (χ1) is 9.72. The predicted octanol–water partition coefficient (Wildman–Crippen LogP) is 2.79. The van der Waals surface area contributed by atoms with Crippen molar-refractivity contribution in [1.29, 1.82) is 0 Å². The van der Waals surface area contributed by atoms with Crippen molar-refractivity contribution >= 4 is 11.8 Å². The van der Waals surface area contributed by atoms with Gasteiger partial charge in [0.1, 0.15) is 5.75 Å². The molecular formula is C14H19N3O2S. The van der Waals surface area contributed by atoms with Crippen molar-refractivity contribution in [3.8, 4) is 5.75 Å². The second-order valence-corrected chi connectivity index (χ2v) is 5.23. The number of rotatable bonds is 7. The van der Waals surface area contributed by atoms with Gasteiger partial charge in [0.25, 0.3) is 5.22 Å². The maximum atomic E-state index is 5.40. The lowest BCUT2D eigenvalue weighted by Gasteiger charge is -2.10. The van der Waals surface area contributed by atoms with Crippen LogP contribution in [-0.4, -0.2) is 23.9 Å². The lowest BCUT2D eigenvalue weighted by atomic mass is 10.1. The number of thioether (sulfide) groups is 1. The van der Waals surface area contributed by atoms with Gasteiger partial charge in [-0.1, -0.05) is 24.8 Å². The van der Waals surface area contributed by atoms with Crippen molar-refractivity contribution in [3.05, 3.63) is 35.2 Å². The van der Waals surface area contributed by atoms with Gasteiger partial charge in [0.05, 0.1) is 7.11 Å². The first-order valence-corrected chi connectivity index (χ1v) is 7.51. The second kappa shape index (κ2) is 7.31. The van der Waals surface area contributed by atoms with Crippen LogP contribution in [0.15, 0.2) is 27.8 Å². The summed E-state index contributed by atoms with van der Waals surface area (Å²) >= 11 is 1.52. The number of hydrogen-bond donors (Lipinski definition) is 1. The summed E-state index contributed by atoms with van der Waals surface area (Å²) < 4.78 is 10.8. The van der Waals surface area contributed by atoms with Crippen LogP contribution in [0.25, 0.3) is 0 Å². The number of nitrogens with zero attached hydrogens (tertiary/aromatic N) is 2. The van der Waals surface area contributed by atoms with E-state index in [-0.39, 0.29) is 0 Å². The summed E-state index contributed by atoms with van der Waals surface area (Å²) in [4.78, 5) is 0. The molecule has 1 aromatic heterocycles. The zero-order valence-electron chi connectivity index (χ0n) is 12.0. The fourth-order valence-electron chi connectivity index (χ4n) is 1.80. The Labute approximate surface area is 123 Å². The molecule has 2 rings (SSSR count). The average Bonchev–Trinajstić information content (AvgIpc) is 2.88. The molecule has 0 spiro atoms. The van der Waals surface area contributed by atoms with Gasteiger partial charge in [-0.15, -0.1) is 10.2 Å². The van der Waals surface area contributed by atoms with Crippen LogP contribution in [0.5, 0.6) is 5.75 Å². The third-order valence-electron chi connectivity index (χ3n) is 2.78. The molecule has 6 heteroatoms. The summed E-state index contributed by atoms with van der Waals surface area (Å²) in [5.41, 5.74) is 2.37. The standard InChI is InChI=1S/C14H19N3O2S/c1-4-15-8-11-5-6-13(18-3)12(7-11)9-20-14-17-16-10(2)19-14/h5-7,15H,4,8-9H2,1-3H3. The van der Waals surface area contributed by atoms with Crippen molar-refractivity contribution < 1.29 is 9.15 Å². The van der Waals surface area contributed by atoms with Crippen LogP contribution < -0.4 is 10.1 Å². The summed E-state index contributed by atoms with van der Waals surface area (Å²) in [6.45, 7) is 5.70. The highest BCUT2D eigenvalue weighted by atomic mass is 32.2. The number of hydrogen-bond acceptors (Lipinski definition) is 6. The molecule has 0 unspecified atom stereocenters. The van der Waals surface area contributed by atoms with E-state index in [0.717, 1.165) is 30.2 Å². The van der Waals surface area contributed by atoms with Crippen molar-refractivity contribution in [2.45, 2.75) is 31.4 Å². The van der Waals surface area contributed by atoms with Gasteiger partial charge < -0.3 is 14.5 Å². The van der Waals surface area contributed by atoms with Crippen LogP contribution in [0, 0.1) is 6.92 Å². The molecule has 108 valence electrons. The predicted molar refractivity (Wildman–Crippen MR) is 79.0 cm³/mol. The number of ether oxygens (including phenoxy) is 1. The monoisotopic (exact) mass is 293 g/mol. The maximum absolute atomic E-state index is 5.40. The largest absolute Gasteiger partial charge is 0.496 e. The molecule has 5 nitrogen and oxygen atoms in total. The molecule has 0 saturated carbocycles. The van der Waals surface area contributed by atoms with Crippen molar-refractivity contribution in [2.75, 3.05) is 13.7 Å². The van der Waals surface area contributed by atoms with E-state index in [9.17, 15) is 0 Å². The van der Waals surface area contributed by atoms with E-state index in [1.54, 1.807) is 14.0 Å². The first-order valence-electron chi connectivity index (χ1n) is 6.52. The van der Waals surface area contributed by atoms with Crippen LogP contribution in [0.1, 0.15) is 23.9 Å². The Bertz CT molecular complexity index is 557. The van der Waals surface area contributed by atoms with Crippen LogP contribution in [0.2, 0.25) is 0 Å². The Hall–Kier alpha value is -1.53. The van der Waals surface area contributed by atoms with Gasteiger partial charge >= 0.3 is 0 Å². The molecule has 0 saturated heterocycles. The van der Waals surface area contributed by atoms with E-state index in [2.05, 4.69) is 34.6 Å². The number of nitrogens with one attached hydrogen (secondary N) is 1. The van der Waals surface area contributed by atoms with Crippen LogP contribution in [-0.2, 0) is 12.3 Å². The van der Waals surface area contributed by atoms with Gasteiger partial charge in [-0.05, 0) is 24.2 Å². The summed E-state index contributed by atoms with van der Waals surface area (Å²) in [5.74, 6) is 2.21. The Kier molecular flexibility index (Phi) is 5.43. The van der Waals surface area contributed by atoms with E-state index in [4.69, 9.17) is 9.15 Å². The highest BCUT2D eigenvalue weighted by Gasteiger charge is 2.08. The highest BCUT2D eigenvalue weighted by molar-refractivity contribution is 7.98. The van der Waals surface area contributed by atoms with Crippen LogP contribution in [0.3, 0.4) is 0 Å². The zero-order valence-corrected chi connectivity index (χ0v) is 12.8. The van der Waals surface area contributed by atoms with Crippen molar-refractivity contribution in [2.24, 2.45) is 0 Å². The number of aryl methyl sites for hydroxylation is 1. The second-order valence-electron chi connectivity index (χ2n) is 4.30. The summed E-state index contributed by atoms with van der Waals surface area (Å²) in [6.07, 6.45) is 0. The van der Waals surface area contributed by atoms with Crippen LogP contribution in [0.4, 0.5) is 0 Å².